The molecule has 196 valence electrons. The van der Waals surface area contributed by atoms with E-state index in [2.05, 4.69) is 131 Å². The molecule has 0 saturated heterocycles. The Morgan fingerprint density at radius 3 is 1.64 bits per heavy atom. The summed E-state index contributed by atoms with van der Waals surface area (Å²) in [5, 5.41) is 7.56. The summed E-state index contributed by atoms with van der Waals surface area (Å²) in [7, 11) is 0. The van der Waals surface area contributed by atoms with E-state index in [-0.39, 0.29) is 0 Å². The third-order valence-corrected chi connectivity index (χ3v) is 8.20. The first-order valence-electron chi connectivity index (χ1n) is 14.2. The highest BCUT2D eigenvalue weighted by Gasteiger charge is 2.17. The lowest BCUT2D eigenvalue weighted by Crippen LogP contribution is -1.92. The summed E-state index contributed by atoms with van der Waals surface area (Å²) < 4.78 is 0. The number of hydrogen-bond donors (Lipinski definition) is 0. The molecule has 2 nitrogen and oxygen atoms in total. The fraction of sp³-hybridized carbons (Fsp3) is 0. The van der Waals surface area contributed by atoms with E-state index in [4.69, 9.17) is 0 Å². The molecule has 0 unspecified atom stereocenters. The second-order valence-electron chi connectivity index (χ2n) is 10.6. The molecule has 0 aliphatic rings. The molecular formula is C40H26N2. The molecule has 8 aromatic rings. The van der Waals surface area contributed by atoms with Crippen LogP contribution in [0.1, 0.15) is 0 Å². The van der Waals surface area contributed by atoms with Crippen LogP contribution in [0.25, 0.3) is 77.0 Å². The highest BCUT2D eigenvalue weighted by molar-refractivity contribution is 6.23. The van der Waals surface area contributed by atoms with E-state index in [0.717, 1.165) is 22.4 Å². The van der Waals surface area contributed by atoms with Crippen LogP contribution in [0.5, 0.6) is 0 Å². The van der Waals surface area contributed by atoms with Gasteiger partial charge in [-0.05, 0) is 78.3 Å². The first-order chi connectivity index (χ1) is 20.8. The van der Waals surface area contributed by atoms with Crippen LogP contribution in [0.15, 0.2) is 158 Å². The normalized spacial score (nSPS) is 11.3. The Labute approximate surface area is 244 Å². The van der Waals surface area contributed by atoms with E-state index in [9.17, 15) is 0 Å². The summed E-state index contributed by atoms with van der Waals surface area (Å²) in [4.78, 5) is 9.02. The molecule has 2 heteroatoms. The van der Waals surface area contributed by atoms with Gasteiger partial charge < -0.3 is 0 Å². The predicted molar refractivity (Wildman–Crippen MR) is 176 cm³/mol. The molecule has 0 N–H and O–H groups in total. The van der Waals surface area contributed by atoms with Crippen LogP contribution >= 0.6 is 0 Å². The summed E-state index contributed by atoms with van der Waals surface area (Å²) in [5.74, 6) is 0. The number of nitrogens with zero attached hydrogens (tertiary/aromatic N) is 2. The largest absolute Gasteiger partial charge is 0.263 e. The number of fused-ring (bicyclic) bond motifs is 3. The zero-order valence-corrected chi connectivity index (χ0v) is 22.9. The van der Waals surface area contributed by atoms with Crippen molar-refractivity contribution in [3.63, 3.8) is 0 Å². The minimum Gasteiger partial charge on any atom is -0.263 e. The molecule has 0 aliphatic heterocycles. The second-order valence-corrected chi connectivity index (χ2v) is 10.6. The summed E-state index contributed by atoms with van der Waals surface area (Å²) in [6.45, 7) is 0. The number of benzene rings is 6. The van der Waals surface area contributed by atoms with Crippen LogP contribution in [0, 0.1) is 0 Å². The van der Waals surface area contributed by atoms with E-state index in [1.165, 1.54) is 54.6 Å². The van der Waals surface area contributed by atoms with Gasteiger partial charge in [0.1, 0.15) is 0 Å². The molecule has 0 saturated carbocycles. The van der Waals surface area contributed by atoms with Gasteiger partial charge in [0.2, 0.25) is 0 Å². The molecule has 2 aromatic heterocycles. The van der Waals surface area contributed by atoms with Crippen molar-refractivity contribution in [1.29, 1.82) is 0 Å². The summed E-state index contributed by atoms with van der Waals surface area (Å²) in [6.07, 6.45) is 5.61. The van der Waals surface area contributed by atoms with Crippen LogP contribution in [-0.2, 0) is 0 Å². The third kappa shape index (κ3) is 4.05. The van der Waals surface area contributed by atoms with Crippen LogP contribution in [-0.4, -0.2) is 9.97 Å². The maximum absolute atomic E-state index is 4.52. The van der Waals surface area contributed by atoms with Gasteiger partial charge in [0.15, 0.2) is 0 Å². The Hall–Kier alpha value is -5.60. The van der Waals surface area contributed by atoms with Gasteiger partial charge in [-0.3, -0.25) is 9.97 Å². The molecule has 0 fully saturated rings. The van der Waals surface area contributed by atoms with Crippen molar-refractivity contribution in [3.8, 4) is 44.6 Å². The van der Waals surface area contributed by atoms with E-state index in [1.54, 1.807) is 0 Å². The zero-order chi connectivity index (χ0) is 27.9. The number of aromatic nitrogens is 2. The van der Waals surface area contributed by atoms with Crippen molar-refractivity contribution >= 4 is 32.3 Å². The van der Waals surface area contributed by atoms with Gasteiger partial charge >= 0.3 is 0 Å². The molecule has 0 spiro atoms. The Bertz CT molecular complexity index is 2170. The SMILES string of the molecule is c1ccc(-c2cncc(-c3ccc(-c4c5ccccc5c(-c5cccc6ccccc56)c5ccccc45)cc3)c2)nc1. The van der Waals surface area contributed by atoms with Crippen molar-refractivity contribution in [2.45, 2.75) is 0 Å². The molecule has 0 bridgehead atoms. The van der Waals surface area contributed by atoms with Crippen molar-refractivity contribution in [2.75, 3.05) is 0 Å². The van der Waals surface area contributed by atoms with Gasteiger partial charge in [-0.1, -0.05) is 121 Å². The highest BCUT2D eigenvalue weighted by atomic mass is 14.7. The van der Waals surface area contributed by atoms with Gasteiger partial charge in [0, 0.05) is 29.7 Å². The highest BCUT2D eigenvalue weighted by Crippen LogP contribution is 2.45. The summed E-state index contributed by atoms with van der Waals surface area (Å²) >= 11 is 0. The number of rotatable bonds is 4. The van der Waals surface area contributed by atoms with Gasteiger partial charge in [0.05, 0.1) is 5.69 Å². The maximum Gasteiger partial charge on any atom is 0.0717 e. The molecule has 6 aromatic carbocycles. The quantitative estimate of drug-likeness (QED) is 0.210. The van der Waals surface area contributed by atoms with Crippen molar-refractivity contribution in [3.05, 3.63) is 158 Å². The van der Waals surface area contributed by atoms with Gasteiger partial charge in [0.25, 0.3) is 0 Å². The van der Waals surface area contributed by atoms with E-state index in [0.29, 0.717) is 0 Å². The zero-order valence-electron chi connectivity index (χ0n) is 22.9. The molecule has 42 heavy (non-hydrogen) atoms. The van der Waals surface area contributed by atoms with E-state index < -0.39 is 0 Å². The first kappa shape index (κ1) is 24.2. The maximum atomic E-state index is 4.52. The van der Waals surface area contributed by atoms with Gasteiger partial charge in [-0.15, -0.1) is 0 Å². The van der Waals surface area contributed by atoms with Crippen LogP contribution in [0.4, 0.5) is 0 Å². The monoisotopic (exact) mass is 534 g/mol. The topological polar surface area (TPSA) is 25.8 Å². The van der Waals surface area contributed by atoms with Crippen LogP contribution in [0.2, 0.25) is 0 Å². The Balaban J connectivity index is 1.32. The minimum atomic E-state index is 0.924. The standard InChI is InChI=1S/C40H26N2/c1-2-12-32-28(10-1)11-9-17-33(32)40-36-15-5-3-13-34(36)39(35-14-4-6-16-37(35)40)29-21-19-27(20-22-29)30-24-31(26-41-25-30)38-18-7-8-23-42-38/h1-26H. The number of pyridine rings is 2. The van der Waals surface area contributed by atoms with Crippen molar-refractivity contribution < 1.29 is 0 Å². The summed E-state index contributed by atoms with van der Waals surface area (Å²) in [6, 6.07) is 50.0. The Morgan fingerprint density at radius 2 is 0.952 bits per heavy atom. The van der Waals surface area contributed by atoms with Crippen molar-refractivity contribution in [2.24, 2.45) is 0 Å². The molecule has 8 rings (SSSR count). The average molecular weight is 535 g/mol. The fourth-order valence-corrected chi connectivity index (χ4v) is 6.27. The predicted octanol–water partition coefficient (Wildman–Crippen LogP) is 10.6. The lowest BCUT2D eigenvalue weighted by Gasteiger charge is -2.19. The molecule has 0 radical (unpaired) electrons. The minimum absolute atomic E-state index is 0.924. The van der Waals surface area contributed by atoms with Gasteiger partial charge in [-0.25, -0.2) is 0 Å². The molecule has 2 heterocycles. The van der Waals surface area contributed by atoms with Gasteiger partial charge in [-0.2, -0.15) is 0 Å². The first-order valence-corrected chi connectivity index (χ1v) is 14.2. The second kappa shape index (κ2) is 10.1. The fourth-order valence-electron chi connectivity index (χ4n) is 6.27. The smallest absolute Gasteiger partial charge is 0.0717 e. The molecule has 0 amide bonds. The third-order valence-electron chi connectivity index (χ3n) is 8.20. The molecule has 0 atom stereocenters. The summed E-state index contributed by atoms with van der Waals surface area (Å²) in [5.41, 5.74) is 9.15. The molecular weight excluding hydrogens is 508 g/mol. The molecule has 0 aliphatic carbocycles. The Kier molecular flexibility index (Phi) is 5.82. The van der Waals surface area contributed by atoms with E-state index in [1.807, 2.05) is 36.8 Å². The van der Waals surface area contributed by atoms with Crippen molar-refractivity contribution in [1.82, 2.24) is 9.97 Å². The van der Waals surface area contributed by atoms with E-state index >= 15 is 0 Å². The number of hydrogen-bond acceptors (Lipinski definition) is 2. The Morgan fingerprint density at radius 1 is 0.381 bits per heavy atom. The van der Waals surface area contributed by atoms with Crippen LogP contribution in [0.3, 0.4) is 0 Å². The lowest BCUT2D eigenvalue weighted by molar-refractivity contribution is 1.28. The average Bonchev–Trinajstić information content (AvgIpc) is 3.07. The lowest BCUT2D eigenvalue weighted by atomic mass is 9.84. The van der Waals surface area contributed by atoms with Crippen LogP contribution < -0.4 is 0 Å².